The minimum atomic E-state index is -0.266. The Balaban J connectivity index is 2.25. The van der Waals surface area contributed by atoms with Crippen molar-refractivity contribution >= 4 is 17.4 Å². The van der Waals surface area contributed by atoms with Gasteiger partial charge in [-0.1, -0.05) is 0 Å². The van der Waals surface area contributed by atoms with Crippen molar-refractivity contribution in [3.63, 3.8) is 0 Å². The van der Waals surface area contributed by atoms with Crippen molar-refractivity contribution in [2.24, 2.45) is 0 Å². The normalized spacial score (nSPS) is 10.2. The van der Waals surface area contributed by atoms with Gasteiger partial charge in [-0.05, 0) is 49.2 Å². The molecule has 1 amide bonds. The number of aromatic nitrogens is 1. The monoisotopic (exact) mass is 257 g/mol. The van der Waals surface area contributed by atoms with Gasteiger partial charge in [-0.2, -0.15) is 0 Å². The SMILES string of the molecule is Cc1cc(O)ccc1C(=O)Nc1ncc(N)cc1C. The van der Waals surface area contributed by atoms with Gasteiger partial charge in [0.1, 0.15) is 11.6 Å². The number of anilines is 2. The molecule has 0 saturated heterocycles. The molecule has 0 bridgehead atoms. The summed E-state index contributed by atoms with van der Waals surface area (Å²) in [4.78, 5) is 16.2. The Kier molecular flexibility index (Phi) is 3.37. The van der Waals surface area contributed by atoms with Crippen molar-refractivity contribution in [1.29, 1.82) is 0 Å². The van der Waals surface area contributed by atoms with E-state index in [-0.39, 0.29) is 11.7 Å². The maximum atomic E-state index is 12.1. The molecular weight excluding hydrogens is 242 g/mol. The van der Waals surface area contributed by atoms with E-state index in [4.69, 9.17) is 5.73 Å². The highest BCUT2D eigenvalue weighted by Gasteiger charge is 2.11. The van der Waals surface area contributed by atoms with E-state index < -0.39 is 0 Å². The van der Waals surface area contributed by atoms with E-state index >= 15 is 0 Å². The molecule has 1 aromatic carbocycles. The first-order valence-corrected chi connectivity index (χ1v) is 5.80. The Bertz CT molecular complexity index is 639. The summed E-state index contributed by atoms with van der Waals surface area (Å²) < 4.78 is 0. The zero-order chi connectivity index (χ0) is 14.0. The van der Waals surface area contributed by atoms with Crippen LogP contribution in [0.1, 0.15) is 21.5 Å². The van der Waals surface area contributed by atoms with E-state index in [0.717, 1.165) is 5.56 Å². The number of nitrogen functional groups attached to an aromatic ring is 1. The Morgan fingerprint density at radius 2 is 2.00 bits per heavy atom. The van der Waals surface area contributed by atoms with E-state index in [1.807, 2.05) is 6.92 Å². The third kappa shape index (κ3) is 2.82. The molecule has 19 heavy (non-hydrogen) atoms. The van der Waals surface area contributed by atoms with E-state index in [1.165, 1.54) is 18.3 Å². The first-order valence-electron chi connectivity index (χ1n) is 5.80. The van der Waals surface area contributed by atoms with Crippen LogP contribution in [0.2, 0.25) is 0 Å². The summed E-state index contributed by atoms with van der Waals surface area (Å²) >= 11 is 0. The maximum absolute atomic E-state index is 12.1. The van der Waals surface area contributed by atoms with Crippen molar-refractivity contribution in [2.45, 2.75) is 13.8 Å². The van der Waals surface area contributed by atoms with Crippen LogP contribution >= 0.6 is 0 Å². The highest BCUT2D eigenvalue weighted by molar-refractivity contribution is 6.05. The molecule has 2 aromatic rings. The van der Waals surface area contributed by atoms with Gasteiger partial charge in [-0.3, -0.25) is 4.79 Å². The van der Waals surface area contributed by atoms with Crippen LogP contribution in [0.25, 0.3) is 0 Å². The van der Waals surface area contributed by atoms with Crippen LogP contribution in [0.5, 0.6) is 5.75 Å². The molecule has 5 nitrogen and oxygen atoms in total. The van der Waals surface area contributed by atoms with Crippen LogP contribution < -0.4 is 11.1 Å². The number of pyridine rings is 1. The number of carbonyl (C=O) groups is 1. The standard InChI is InChI=1S/C14H15N3O2/c1-8-6-11(18)3-4-12(8)14(19)17-13-9(2)5-10(15)7-16-13/h3-7,18H,15H2,1-2H3,(H,16,17,19). The zero-order valence-corrected chi connectivity index (χ0v) is 10.8. The first-order chi connectivity index (χ1) is 8.97. The second-order valence-corrected chi connectivity index (χ2v) is 4.39. The maximum Gasteiger partial charge on any atom is 0.257 e. The quantitative estimate of drug-likeness (QED) is 0.769. The Hall–Kier alpha value is -2.56. The number of aryl methyl sites for hydroxylation is 2. The van der Waals surface area contributed by atoms with Crippen molar-refractivity contribution in [3.05, 3.63) is 47.2 Å². The number of nitrogens with one attached hydrogen (secondary N) is 1. The molecule has 0 fully saturated rings. The van der Waals surface area contributed by atoms with Gasteiger partial charge in [0.2, 0.25) is 0 Å². The second kappa shape index (κ2) is 4.97. The minimum Gasteiger partial charge on any atom is -0.508 e. The summed E-state index contributed by atoms with van der Waals surface area (Å²) in [6.07, 6.45) is 1.49. The lowest BCUT2D eigenvalue weighted by molar-refractivity contribution is 0.102. The highest BCUT2D eigenvalue weighted by Crippen LogP contribution is 2.19. The van der Waals surface area contributed by atoms with Crippen molar-refractivity contribution in [1.82, 2.24) is 4.98 Å². The van der Waals surface area contributed by atoms with Crippen LogP contribution in [0.4, 0.5) is 11.5 Å². The number of rotatable bonds is 2. The number of aromatic hydroxyl groups is 1. The molecule has 5 heteroatoms. The molecule has 1 aromatic heterocycles. The van der Waals surface area contributed by atoms with Crippen molar-refractivity contribution < 1.29 is 9.90 Å². The smallest absolute Gasteiger partial charge is 0.257 e. The molecule has 0 saturated carbocycles. The molecule has 0 atom stereocenters. The summed E-state index contributed by atoms with van der Waals surface area (Å²) in [6, 6.07) is 6.34. The summed E-state index contributed by atoms with van der Waals surface area (Å²) in [5, 5.41) is 12.1. The molecular formula is C14H15N3O2. The average Bonchev–Trinajstić information content (AvgIpc) is 2.32. The summed E-state index contributed by atoms with van der Waals surface area (Å²) in [6.45, 7) is 3.58. The van der Waals surface area contributed by atoms with E-state index in [9.17, 15) is 9.90 Å². The number of carbonyl (C=O) groups excluding carboxylic acids is 1. The fraction of sp³-hybridized carbons (Fsp3) is 0.143. The van der Waals surface area contributed by atoms with Crippen LogP contribution in [-0.2, 0) is 0 Å². The van der Waals surface area contributed by atoms with Gasteiger partial charge in [-0.25, -0.2) is 4.98 Å². The lowest BCUT2D eigenvalue weighted by atomic mass is 10.1. The molecule has 2 rings (SSSR count). The number of hydrogen-bond acceptors (Lipinski definition) is 4. The van der Waals surface area contributed by atoms with E-state index in [2.05, 4.69) is 10.3 Å². The Morgan fingerprint density at radius 3 is 2.63 bits per heavy atom. The van der Waals surface area contributed by atoms with Crippen molar-refractivity contribution in [3.8, 4) is 5.75 Å². The molecule has 1 heterocycles. The summed E-state index contributed by atoms with van der Waals surface area (Å²) in [5.74, 6) is 0.348. The molecule has 0 aliphatic rings. The summed E-state index contributed by atoms with van der Waals surface area (Å²) in [7, 11) is 0. The Morgan fingerprint density at radius 1 is 1.26 bits per heavy atom. The summed E-state index contributed by atoms with van der Waals surface area (Å²) in [5.41, 5.74) is 8.15. The number of amides is 1. The first kappa shape index (κ1) is 12.9. The molecule has 0 spiro atoms. The van der Waals surface area contributed by atoms with Gasteiger partial charge in [-0.15, -0.1) is 0 Å². The molecule has 98 valence electrons. The molecule has 0 aliphatic carbocycles. The van der Waals surface area contributed by atoms with Gasteiger partial charge in [0, 0.05) is 5.56 Å². The van der Waals surface area contributed by atoms with Gasteiger partial charge in [0.15, 0.2) is 0 Å². The van der Waals surface area contributed by atoms with E-state index in [0.29, 0.717) is 22.6 Å². The number of nitrogens with two attached hydrogens (primary N) is 1. The molecule has 4 N–H and O–H groups in total. The Labute approximate surface area is 111 Å². The van der Waals surface area contributed by atoms with Gasteiger partial charge >= 0.3 is 0 Å². The third-order valence-electron chi connectivity index (χ3n) is 2.79. The minimum absolute atomic E-state index is 0.135. The van der Waals surface area contributed by atoms with Crippen LogP contribution in [0, 0.1) is 13.8 Å². The number of nitrogens with zero attached hydrogens (tertiary/aromatic N) is 1. The number of phenols is 1. The lowest BCUT2D eigenvalue weighted by Gasteiger charge is -2.09. The van der Waals surface area contributed by atoms with Crippen LogP contribution in [0.3, 0.4) is 0 Å². The zero-order valence-electron chi connectivity index (χ0n) is 10.8. The third-order valence-corrected chi connectivity index (χ3v) is 2.79. The average molecular weight is 257 g/mol. The molecule has 0 unspecified atom stereocenters. The lowest BCUT2D eigenvalue weighted by Crippen LogP contribution is -2.15. The predicted molar refractivity (Wildman–Crippen MR) is 74.2 cm³/mol. The highest BCUT2D eigenvalue weighted by atomic mass is 16.3. The molecule has 0 radical (unpaired) electrons. The largest absolute Gasteiger partial charge is 0.508 e. The van der Waals surface area contributed by atoms with Crippen LogP contribution in [0.15, 0.2) is 30.5 Å². The van der Waals surface area contributed by atoms with Gasteiger partial charge in [0.25, 0.3) is 5.91 Å². The fourth-order valence-corrected chi connectivity index (χ4v) is 1.80. The predicted octanol–water partition coefficient (Wildman–Crippen LogP) is 2.24. The fourth-order valence-electron chi connectivity index (χ4n) is 1.80. The number of benzene rings is 1. The number of hydrogen-bond donors (Lipinski definition) is 3. The van der Waals surface area contributed by atoms with E-state index in [1.54, 1.807) is 19.1 Å². The van der Waals surface area contributed by atoms with Crippen molar-refractivity contribution in [2.75, 3.05) is 11.1 Å². The molecule has 0 aliphatic heterocycles. The number of phenolic OH excluding ortho intramolecular Hbond substituents is 1. The van der Waals surface area contributed by atoms with Gasteiger partial charge < -0.3 is 16.2 Å². The topological polar surface area (TPSA) is 88.2 Å². The van der Waals surface area contributed by atoms with Gasteiger partial charge in [0.05, 0.1) is 11.9 Å². The second-order valence-electron chi connectivity index (χ2n) is 4.39. The van der Waals surface area contributed by atoms with Crippen LogP contribution in [-0.4, -0.2) is 16.0 Å².